The van der Waals surface area contributed by atoms with Crippen molar-refractivity contribution in [1.82, 2.24) is 4.98 Å². The monoisotopic (exact) mass is 353 g/mol. The van der Waals surface area contributed by atoms with Crippen LogP contribution in [0, 0.1) is 11.3 Å². The van der Waals surface area contributed by atoms with E-state index < -0.39 is 0 Å². The highest BCUT2D eigenvalue weighted by atomic mass is 35.5. The summed E-state index contributed by atoms with van der Waals surface area (Å²) in [5.74, 6) is 0.761. The average Bonchev–Trinajstić information content (AvgIpc) is 2.99. The molecule has 2 aromatic carbocycles. The van der Waals surface area contributed by atoms with E-state index in [0.29, 0.717) is 17.1 Å². The minimum Gasteiger partial charge on any atom is -0.496 e. The smallest absolute Gasteiger partial charge is 0.128 e. The van der Waals surface area contributed by atoms with Gasteiger partial charge in [-0.05, 0) is 67.8 Å². The van der Waals surface area contributed by atoms with E-state index in [2.05, 4.69) is 11.1 Å². The molecule has 25 heavy (non-hydrogen) atoms. The lowest BCUT2D eigenvalue weighted by atomic mass is 9.99. The van der Waals surface area contributed by atoms with Crippen LogP contribution in [-0.2, 0) is 6.42 Å². The van der Waals surface area contributed by atoms with Crippen LogP contribution in [0.5, 0.6) is 5.75 Å². The molecule has 0 fully saturated rings. The summed E-state index contributed by atoms with van der Waals surface area (Å²) in [7, 11) is 1.65. The fourth-order valence-electron chi connectivity index (χ4n) is 3.13. The molecule has 0 radical (unpaired) electrons. The number of nitrogens with one attached hydrogen (secondary N) is 1. The topological polar surface area (TPSA) is 74.8 Å². The molecule has 0 unspecified atom stereocenters. The second kappa shape index (κ2) is 7.60. The number of aromatic amines is 1. The fraction of sp³-hybridized carbons (Fsp3) is 0.250. The van der Waals surface area contributed by atoms with Gasteiger partial charge in [-0.15, -0.1) is 0 Å². The largest absolute Gasteiger partial charge is 0.496 e. The van der Waals surface area contributed by atoms with Crippen molar-refractivity contribution in [2.24, 2.45) is 5.73 Å². The molecule has 1 aromatic heterocycles. The third-order valence-corrected chi connectivity index (χ3v) is 4.58. The summed E-state index contributed by atoms with van der Waals surface area (Å²) in [5, 5.41) is 10.9. The van der Waals surface area contributed by atoms with Gasteiger partial charge in [-0.2, -0.15) is 5.26 Å². The number of nitrogens with zero attached hydrogens (tertiary/aromatic N) is 1. The molecule has 0 bridgehead atoms. The second-order valence-corrected chi connectivity index (χ2v) is 6.38. The summed E-state index contributed by atoms with van der Waals surface area (Å²) in [4.78, 5) is 3.48. The van der Waals surface area contributed by atoms with Gasteiger partial charge in [0.25, 0.3) is 0 Å². The van der Waals surface area contributed by atoms with E-state index in [4.69, 9.17) is 22.1 Å². The first-order valence-electron chi connectivity index (χ1n) is 8.26. The van der Waals surface area contributed by atoms with Gasteiger partial charge in [0.15, 0.2) is 0 Å². The van der Waals surface area contributed by atoms with Crippen LogP contribution in [0.25, 0.3) is 22.2 Å². The Balaban J connectivity index is 2.21. The Bertz CT molecular complexity index is 940. The number of fused-ring (bicyclic) bond motifs is 1. The van der Waals surface area contributed by atoms with Crippen LogP contribution in [-0.4, -0.2) is 18.6 Å². The Morgan fingerprint density at radius 2 is 2.04 bits per heavy atom. The number of hydrogen-bond acceptors (Lipinski definition) is 3. The maximum Gasteiger partial charge on any atom is 0.128 e. The summed E-state index contributed by atoms with van der Waals surface area (Å²) >= 11 is 6.22. The van der Waals surface area contributed by atoms with E-state index in [1.807, 2.05) is 36.4 Å². The number of hydrogen-bond donors (Lipinski definition) is 2. The zero-order valence-corrected chi connectivity index (χ0v) is 14.9. The highest BCUT2D eigenvalue weighted by molar-refractivity contribution is 6.31. The van der Waals surface area contributed by atoms with Crippen molar-refractivity contribution >= 4 is 22.5 Å². The number of nitrogens with two attached hydrogens (primary N) is 1. The second-order valence-electron chi connectivity index (χ2n) is 5.94. The van der Waals surface area contributed by atoms with Crippen molar-refractivity contribution in [3.63, 3.8) is 0 Å². The minimum absolute atomic E-state index is 0.649. The predicted octanol–water partition coefficient (Wildman–Crippen LogP) is 4.65. The van der Waals surface area contributed by atoms with E-state index in [-0.39, 0.29) is 0 Å². The average molecular weight is 354 g/mol. The van der Waals surface area contributed by atoms with Crippen LogP contribution in [0.15, 0.2) is 36.4 Å². The van der Waals surface area contributed by atoms with E-state index in [1.54, 1.807) is 7.11 Å². The van der Waals surface area contributed by atoms with E-state index in [0.717, 1.165) is 47.2 Å². The quantitative estimate of drug-likeness (QED) is 0.633. The number of H-pyrrole nitrogens is 1. The van der Waals surface area contributed by atoms with Crippen molar-refractivity contribution in [1.29, 1.82) is 5.26 Å². The number of aryl methyl sites for hydroxylation is 1. The Hall–Kier alpha value is -2.48. The van der Waals surface area contributed by atoms with Gasteiger partial charge in [-0.25, -0.2) is 0 Å². The third-order valence-electron chi connectivity index (χ3n) is 4.35. The van der Waals surface area contributed by atoms with E-state index >= 15 is 0 Å². The molecule has 0 spiro atoms. The predicted molar refractivity (Wildman–Crippen MR) is 102 cm³/mol. The van der Waals surface area contributed by atoms with Crippen molar-refractivity contribution in [3.05, 3.63) is 52.5 Å². The van der Waals surface area contributed by atoms with E-state index in [9.17, 15) is 5.26 Å². The molecule has 0 saturated carbocycles. The van der Waals surface area contributed by atoms with Gasteiger partial charge in [0.05, 0.1) is 24.4 Å². The van der Waals surface area contributed by atoms with Crippen LogP contribution in [0.2, 0.25) is 5.02 Å². The highest BCUT2D eigenvalue weighted by Gasteiger charge is 2.17. The molecule has 3 rings (SSSR count). The van der Waals surface area contributed by atoms with Crippen molar-refractivity contribution in [3.8, 4) is 23.1 Å². The van der Waals surface area contributed by atoms with Gasteiger partial charge in [-0.1, -0.05) is 11.6 Å². The normalized spacial score (nSPS) is 10.8. The molecule has 3 N–H and O–H groups in total. The molecule has 0 saturated heterocycles. The molecule has 0 aliphatic rings. The molecule has 0 atom stereocenters. The van der Waals surface area contributed by atoms with Gasteiger partial charge >= 0.3 is 0 Å². The zero-order chi connectivity index (χ0) is 17.8. The lowest BCUT2D eigenvalue weighted by molar-refractivity contribution is 0.416. The number of unbranched alkanes of at least 4 members (excludes halogenated alkanes) is 1. The first-order valence-corrected chi connectivity index (χ1v) is 8.64. The molecular weight excluding hydrogens is 334 g/mol. The number of ether oxygens (including phenoxy) is 1. The number of rotatable bonds is 6. The maximum absolute atomic E-state index is 9.23. The summed E-state index contributed by atoms with van der Waals surface area (Å²) in [6.45, 7) is 0.668. The SMILES string of the molecule is COc1ccc(Cl)cc1-c1[nH]c2ccc(C#N)cc2c1CCCCN. The number of aromatic nitrogens is 1. The Labute approximate surface area is 152 Å². The molecule has 3 aromatic rings. The zero-order valence-electron chi connectivity index (χ0n) is 14.1. The maximum atomic E-state index is 9.23. The van der Waals surface area contributed by atoms with Gasteiger partial charge < -0.3 is 15.5 Å². The van der Waals surface area contributed by atoms with Gasteiger partial charge in [-0.3, -0.25) is 0 Å². The van der Waals surface area contributed by atoms with Crippen molar-refractivity contribution in [2.45, 2.75) is 19.3 Å². The van der Waals surface area contributed by atoms with Crippen LogP contribution in [0.4, 0.5) is 0 Å². The summed E-state index contributed by atoms with van der Waals surface area (Å²) in [6, 6.07) is 13.5. The van der Waals surface area contributed by atoms with Gasteiger partial charge in [0, 0.05) is 21.5 Å². The van der Waals surface area contributed by atoms with Crippen LogP contribution >= 0.6 is 11.6 Å². The molecule has 0 amide bonds. The van der Waals surface area contributed by atoms with Crippen LogP contribution in [0.1, 0.15) is 24.0 Å². The number of methoxy groups -OCH3 is 1. The lowest BCUT2D eigenvalue weighted by Crippen LogP contribution is -1.99. The Morgan fingerprint density at radius 3 is 2.76 bits per heavy atom. The minimum atomic E-state index is 0.649. The molecule has 1 heterocycles. The molecule has 5 heteroatoms. The van der Waals surface area contributed by atoms with Gasteiger partial charge in [0.2, 0.25) is 0 Å². The third kappa shape index (κ3) is 3.48. The molecule has 128 valence electrons. The highest BCUT2D eigenvalue weighted by Crippen LogP contribution is 2.38. The first-order chi connectivity index (χ1) is 12.2. The first kappa shape index (κ1) is 17.3. The molecule has 4 nitrogen and oxygen atoms in total. The van der Waals surface area contributed by atoms with Gasteiger partial charge in [0.1, 0.15) is 5.75 Å². The Morgan fingerprint density at radius 1 is 1.20 bits per heavy atom. The standard InChI is InChI=1S/C20H20ClN3O/c1-25-19-8-6-14(21)11-17(19)20-15(4-2-3-9-22)16-10-13(12-23)5-7-18(16)24-20/h5-8,10-11,24H,2-4,9,22H2,1H3. The van der Waals surface area contributed by atoms with Crippen molar-refractivity contribution < 1.29 is 4.74 Å². The van der Waals surface area contributed by atoms with Crippen LogP contribution < -0.4 is 10.5 Å². The molecule has 0 aliphatic carbocycles. The summed E-state index contributed by atoms with van der Waals surface area (Å²) in [5.41, 5.74) is 10.4. The number of nitriles is 1. The van der Waals surface area contributed by atoms with Crippen LogP contribution in [0.3, 0.4) is 0 Å². The Kier molecular flexibility index (Phi) is 5.28. The summed E-state index contributed by atoms with van der Waals surface area (Å²) < 4.78 is 5.53. The molecular formula is C20H20ClN3O. The summed E-state index contributed by atoms with van der Waals surface area (Å²) in [6.07, 6.45) is 2.81. The fourth-order valence-corrected chi connectivity index (χ4v) is 3.30. The number of benzene rings is 2. The lowest BCUT2D eigenvalue weighted by Gasteiger charge is -2.10. The van der Waals surface area contributed by atoms with Crippen molar-refractivity contribution in [2.75, 3.05) is 13.7 Å². The molecule has 0 aliphatic heterocycles. The number of halogens is 1. The van der Waals surface area contributed by atoms with E-state index in [1.165, 1.54) is 5.56 Å².